The molecular formula is C47H60N8O8. The van der Waals surface area contributed by atoms with Gasteiger partial charge in [-0.2, -0.15) is 0 Å². The minimum Gasteiger partial charge on any atom is -0.444 e. The molecule has 0 aliphatic heterocycles. The number of hydrogen-bond donors (Lipinski definition) is 4. The number of urea groups is 4. The Morgan fingerprint density at radius 3 is 0.968 bits per heavy atom. The van der Waals surface area contributed by atoms with Gasteiger partial charge >= 0.3 is 36.3 Å². The standard InChI is InChI=1S/C47H60N8O8/c1-46(2,3)62-44(60)52(32-19-30-48-40(56)50-42(58)54(36-22-11-7-12-23-36)37-24-13-8-14-25-37)34-21-35-53(45(61)63-47(4,5)6)33-20-31-49-41(57)51-43(59)55(38-26-15-9-16-27-38)39-28-17-10-18-29-39/h7-18,22-29H,19-21,30-35H2,1-6H3,(H2,48,50,56,58)(H2,49,51,57,59). The summed E-state index contributed by atoms with van der Waals surface area (Å²) in [6.07, 6.45) is -0.0945. The Hall–Kier alpha value is -7.10. The highest BCUT2D eigenvalue weighted by molar-refractivity contribution is 6.07. The van der Waals surface area contributed by atoms with Crippen molar-refractivity contribution < 1.29 is 38.2 Å². The molecule has 0 aromatic heterocycles. The molecule has 0 saturated heterocycles. The molecule has 4 rings (SSSR count). The molecule has 0 aliphatic carbocycles. The fraction of sp³-hybridized carbons (Fsp3) is 0.362. The first kappa shape index (κ1) is 48.6. The lowest BCUT2D eigenvalue weighted by atomic mass is 10.2. The lowest BCUT2D eigenvalue weighted by Gasteiger charge is -2.30. The second-order valence-electron chi connectivity index (χ2n) is 16.4. The summed E-state index contributed by atoms with van der Waals surface area (Å²) in [4.78, 5) is 84.7. The van der Waals surface area contributed by atoms with Gasteiger partial charge in [0.2, 0.25) is 0 Å². The lowest BCUT2D eigenvalue weighted by Crippen LogP contribution is -2.46. The predicted octanol–water partition coefficient (Wildman–Crippen LogP) is 9.15. The minimum atomic E-state index is -0.773. The van der Waals surface area contributed by atoms with E-state index < -0.39 is 47.5 Å². The molecule has 0 fully saturated rings. The fourth-order valence-corrected chi connectivity index (χ4v) is 6.11. The van der Waals surface area contributed by atoms with Crippen LogP contribution >= 0.6 is 0 Å². The largest absolute Gasteiger partial charge is 0.444 e. The van der Waals surface area contributed by atoms with Crippen molar-refractivity contribution in [3.05, 3.63) is 121 Å². The van der Waals surface area contributed by atoms with Crippen LogP contribution in [-0.4, -0.2) is 96.6 Å². The number of nitrogens with one attached hydrogen (secondary N) is 4. The molecule has 336 valence electrons. The predicted molar refractivity (Wildman–Crippen MR) is 243 cm³/mol. The molecule has 0 radical (unpaired) electrons. The van der Waals surface area contributed by atoms with Gasteiger partial charge in [-0.25, -0.2) is 28.8 Å². The molecule has 16 nitrogen and oxygen atoms in total. The summed E-state index contributed by atoms with van der Waals surface area (Å²) in [5.74, 6) is 0. The molecule has 10 amide bonds. The maximum Gasteiger partial charge on any atom is 0.410 e. The van der Waals surface area contributed by atoms with Crippen molar-refractivity contribution >= 4 is 59.1 Å². The topological polar surface area (TPSA) is 182 Å². The van der Waals surface area contributed by atoms with Gasteiger partial charge in [-0.05, 0) is 109 Å². The molecule has 0 saturated carbocycles. The van der Waals surface area contributed by atoms with E-state index in [9.17, 15) is 28.8 Å². The van der Waals surface area contributed by atoms with Gasteiger partial charge in [-0.15, -0.1) is 0 Å². The summed E-state index contributed by atoms with van der Waals surface area (Å²) >= 11 is 0. The van der Waals surface area contributed by atoms with Gasteiger partial charge < -0.3 is 29.9 Å². The Bertz CT molecular complexity index is 1850. The lowest BCUT2D eigenvalue weighted by molar-refractivity contribution is 0.0203. The monoisotopic (exact) mass is 864 g/mol. The summed E-state index contributed by atoms with van der Waals surface area (Å²) < 4.78 is 11.3. The highest BCUT2D eigenvalue weighted by Crippen LogP contribution is 2.26. The Kier molecular flexibility index (Phi) is 18.3. The number of ether oxygens (including phenoxy) is 2. The van der Waals surface area contributed by atoms with Crippen LogP contribution in [-0.2, 0) is 9.47 Å². The van der Waals surface area contributed by atoms with Crippen LogP contribution in [0.1, 0.15) is 60.8 Å². The van der Waals surface area contributed by atoms with E-state index in [0.29, 0.717) is 42.0 Å². The van der Waals surface area contributed by atoms with Crippen molar-refractivity contribution in [1.29, 1.82) is 0 Å². The maximum atomic E-state index is 13.3. The first-order valence-electron chi connectivity index (χ1n) is 20.9. The molecule has 0 atom stereocenters. The third kappa shape index (κ3) is 17.1. The minimum absolute atomic E-state index is 0.141. The van der Waals surface area contributed by atoms with Gasteiger partial charge in [0.25, 0.3) is 0 Å². The van der Waals surface area contributed by atoms with Crippen molar-refractivity contribution in [3.63, 3.8) is 0 Å². The summed E-state index contributed by atoms with van der Waals surface area (Å²) in [7, 11) is 0. The van der Waals surface area contributed by atoms with E-state index >= 15 is 0 Å². The number of benzene rings is 4. The normalized spacial score (nSPS) is 11.0. The van der Waals surface area contributed by atoms with Crippen LogP contribution < -0.4 is 31.1 Å². The van der Waals surface area contributed by atoms with E-state index in [1.54, 1.807) is 139 Å². The number of amides is 10. The summed E-state index contributed by atoms with van der Waals surface area (Å²) in [6.45, 7) is 11.7. The Labute approximate surface area is 369 Å². The van der Waals surface area contributed by atoms with Crippen molar-refractivity contribution in [1.82, 2.24) is 31.1 Å². The number of anilines is 4. The molecule has 4 aromatic carbocycles. The van der Waals surface area contributed by atoms with Gasteiger partial charge in [0.1, 0.15) is 11.2 Å². The van der Waals surface area contributed by atoms with Gasteiger partial charge in [0, 0.05) is 39.3 Å². The molecule has 0 bridgehead atoms. The number of rotatable bonds is 16. The van der Waals surface area contributed by atoms with Crippen LogP contribution in [0.4, 0.5) is 51.5 Å². The first-order valence-corrected chi connectivity index (χ1v) is 20.9. The molecule has 0 aliphatic rings. The average molecular weight is 865 g/mol. The van der Waals surface area contributed by atoms with Crippen LogP contribution in [0, 0.1) is 0 Å². The van der Waals surface area contributed by atoms with E-state index in [1.165, 1.54) is 19.6 Å². The molecule has 63 heavy (non-hydrogen) atoms. The zero-order chi connectivity index (χ0) is 45.8. The number of hydrogen-bond acceptors (Lipinski definition) is 8. The van der Waals surface area contributed by atoms with Crippen molar-refractivity contribution in [2.24, 2.45) is 0 Å². The van der Waals surface area contributed by atoms with Crippen LogP contribution in [0.15, 0.2) is 121 Å². The third-order valence-corrected chi connectivity index (χ3v) is 8.84. The van der Waals surface area contributed by atoms with Gasteiger partial charge in [0.05, 0.1) is 22.7 Å². The van der Waals surface area contributed by atoms with Gasteiger partial charge in [-0.3, -0.25) is 20.4 Å². The van der Waals surface area contributed by atoms with E-state index in [1.807, 2.05) is 24.3 Å². The van der Waals surface area contributed by atoms with E-state index in [-0.39, 0.29) is 39.3 Å². The third-order valence-electron chi connectivity index (χ3n) is 8.84. The number of nitrogens with zero attached hydrogens (tertiary/aromatic N) is 4. The Morgan fingerprint density at radius 1 is 0.429 bits per heavy atom. The molecule has 0 spiro atoms. The molecule has 4 aromatic rings. The first-order chi connectivity index (χ1) is 30.0. The quantitative estimate of drug-likeness (QED) is 0.0805. The zero-order valence-corrected chi connectivity index (χ0v) is 37.0. The van der Waals surface area contributed by atoms with Crippen molar-refractivity contribution in [2.45, 2.75) is 72.0 Å². The van der Waals surface area contributed by atoms with E-state index in [0.717, 1.165) is 0 Å². The maximum absolute atomic E-state index is 13.3. The van der Waals surface area contributed by atoms with E-state index in [4.69, 9.17) is 9.47 Å². The summed E-state index contributed by atoms with van der Waals surface area (Å²) in [6, 6.07) is 33.1. The smallest absolute Gasteiger partial charge is 0.410 e. The van der Waals surface area contributed by atoms with Crippen LogP contribution in [0.5, 0.6) is 0 Å². The summed E-state index contributed by atoms with van der Waals surface area (Å²) in [5.41, 5.74) is 0.770. The number of imide groups is 2. The SMILES string of the molecule is CC(C)(C)OC(=O)N(CCCNC(=O)NC(=O)N(c1ccccc1)c1ccccc1)CCCN(CCCNC(=O)NC(=O)N(c1ccccc1)c1ccccc1)C(=O)OC(C)(C)C. The molecule has 4 N–H and O–H groups in total. The Balaban J connectivity index is 1.30. The van der Waals surface area contributed by atoms with E-state index in [2.05, 4.69) is 21.3 Å². The molecular weight excluding hydrogens is 805 g/mol. The zero-order valence-electron chi connectivity index (χ0n) is 37.0. The number of carbonyl (C=O) groups is 6. The second-order valence-corrected chi connectivity index (χ2v) is 16.4. The van der Waals surface area contributed by atoms with Crippen molar-refractivity contribution in [2.75, 3.05) is 49.1 Å². The number of para-hydroxylation sites is 4. The van der Waals surface area contributed by atoms with Gasteiger partial charge in [0.15, 0.2) is 0 Å². The highest BCUT2D eigenvalue weighted by Gasteiger charge is 2.26. The van der Waals surface area contributed by atoms with Crippen LogP contribution in [0.2, 0.25) is 0 Å². The number of carbonyl (C=O) groups excluding carboxylic acids is 6. The summed E-state index contributed by atoms with van der Waals surface area (Å²) in [5, 5.41) is 10.1. The average Bonchev–Trinajstić information content (AvgIpc) is 3.23. The highest BCUT2D eigenvalue weighted by atomic mass is 16.6. The molecule has 0 unspecified atom stereocenters. The second kappa shape index (κ2) is 23.8. The molecule has 16 heteroatoms. The molecule has 0 heterocycles. The van der Waals surface area contributed by atoms with Crippen LogP contribution in [0.3, 0.4) is 0 Å². The van der Waals surface area contributed by atoms with Crippen molar-refractivity contribution in [3.8, 4) is 0 Å². The fourth-order valence-electron chi connectivity index (χ4n) is 6.11. The van der Waals surface area contributed by atoms with Gasteiger partial charge in [-0.1, -0.05) is 72.8 Å². The van der Waals surface area contributed by atoms with Crippen LogP contribution in [0.25, 0.3) is 0 Å². The Morgan fingerprint density at radius 2 is 0.698 bits per heavy atom.